The molecule has 2 aliphatic rings. The molecule has 0 bridgehead atoms. The molecule has 2 aromatic carbocycles. The third kappa shape index (κ3) is 5.08. The molecule has 1 aliphatic carbocycles. The van der Waals surface area contributed by atoms with Gasteiger partial charge in [-0.25, -0.2) is 9.18 Å². The molecule has 6 rings (SSSR count). The van der Waals surface area contributed by atoms with Crippen molar-refractivity contribution < 1.29 is 23.2 Å². The summed E-state index contributed by atoms with van der Waals surface area (Å²) in [5.74, 6) is 0.713. The van der Waals surface area contributed by atoms with Gasteiger partial charge in [-0.2, -0.15) is 0 Å². The van der Waals surface area contributed by atoms with Crippen LogP contribution in [0, 0.1) is 0 Å². The van der Waals surface area contributed by atoms with E-state index in [0.29, 0.717) is 58.7 Å². The molecule has 3 heterocycles. The highest BCUT2D eigenvalue weighted by Gasteiger charge is 2.37. The Morgan fingerprint density at radius 3 is 2.58 bits per heavy atom. The SMILES string of the molecule is COC(=O)c1cn(C)c2cc(N3CCC(F)(COCc4c(-c5c(Cl)cccc5Cl)noc4C4CC4)CC3)ccc12. The number of rotatable bonds is 8. The Labute approximate surface area is 241 Å². The summed E-state index contributed by atoms with van der Waals surface area (Å²) in [4.78, 5) is 14.3. The van der Waals surface area contributed by atoms with Crippen molar-refractivity contribution in [3.05, 3.63) is 69.5 Å². The quantitative estimate of drug-likeness (QED) is 0.202. The standard InChI is InChI=1S/C30H30Cl2FN3O4/c1-35-15-21(29(37)38-2)20-9-8-19(14-25(20)35)36-12-10-30(33,11-13-36)17-39-16-22-27(34-40-28(22)18-6-7-18)26-23(31)4-3-5-24(26)32/h3-5,8-9,14-15,18H,6-7,10-13,16-17H2,1-2H3. The van der Waals surface area contributed by atoms with Crippen LogP contribution in [0.5, 0.6) is 0 Å². The molecule has 40 heavy (non-hydrogen) atoms. The number of alkyl halides is 1. The van der Waals surface area contributed by atoms with Crippen LogP contribution in [0.1, 0.15) is 53.3 Å². The smallest absolute Gasteiger partial charge is 0.340 e. The van der Waals surface area contributed by atoms with Crippen LogP contribution in [-0.4, -0.2) is 48.2 Å². The Kier molecular flexibility index (Phi) is 7.27. The summed E-state index contributed by atoms with van der Waals surface area (Å²) < 4.78 is 34.4. The Balaban J connectivity index is 1.12. The van der Waals surface area contributed by atoms with Gasteiger partial charge >= 0.3 is 5.97 Å². The zero-order valence-corrected chi connectivity index (χ0v) is 23.9. The van der Waals surface area contributed by atoms with Crippen molar-refractivity contribution in [1.29, 1.82) is 0 Å². The fourth-order valence-corrected chi connectivity index (χ4v) is 6.11. The van der Waals surface area contributed by atoms with Gasteiger partial charge in [-0.15, -0.1) is 0 Å². The molecule has 0 unspecified atom stereocenters. The van der Waals surface area contributed by atoms with E-state index in [0.717, 1.165) is 40.8 Å². The number of hydrogen-bond acceptors (Lipinski definition) is 6. The summed E-state index contributed by atoms with van der Waals surface area (Å²) in [7, 11) is 3.27. The third-order valence-corrected chi connectivity index (χ3v) is 8.61. The number of nitrogens with zero attached hydrogens (tertiary/aromatic N) is 3. The average molecular weight is 586 g/mol. The molecule has 0 spiro atoms. The first kappa shape index (κ1) is 27.1. The van der Waals surface area contributed by atoms with Crippen LogP contribution in [0.15, 0.2) is 47.1 Å². The minimum atomic E-state index is -1.44. The van der Waals surface area contributed by atoms with E-state index < -0.39 is 5.67 Å². The summed E-state index contributed by atoms with van der Waals surface area (Å²) in [6.07, 6.45) is 4.51. The number of halogens is 3. The molecule has 0 N–H and O–H groups in total. The highest BCUT2D eigenvalue weighted by atomic mass is 35.5. The van der Waals surface area contributed by atoms with Crippen LogP contribution in [-0.2, 0) is 23.1 Å². The maximum Gasteiger partial charge on any atom is 0.340 e. The largest absolute Gasteiger partial charge is 0.465 e. The number of anilines is 1. The number of esters is 1. The predicted molar refractivity (Wildman–Crippen MR) is 153 cm³/mol. The molecule has 10 heteroatoms. The maximum absolute atomic E-state index is 15.9. The van der Waals surface area contributed by atoms with E-state index >= 15 is 4.39 Å². The molecule has 7 nitrogen and oxygen atoms in total. The number of carbonyl (C=O) groups is 1. The number of aryl methyl sites for hydroxylation is 1. The fourth-order valence-electron chi connectivity index (χ4n) is 5.54. The molecule has 4 aromatic rings. The molecular weight excluding hydrogens is 556 g/mol. The van der Waals surface area contributed by atoms with E-state index in [9.17, 15) is 4.79 Å². The van der Waals surface area contributed by atoms with Crippen LogP contribution in [0.3, 0.4) is 0 Å². The molecular formula is C30H30Cl2FN3O4. The fraction of sp³-hybridized carbons (Fsp3) is 0.400. The molecule has 0 radical (unpaired) electrons. The van der Waals surface area contributed by atoms with E-state index in [1.54, 1.807) is 24.4 Å². The van der Waals surface area contributed by atoms with Crippen LogP contribution >= 0.6 is 23.2 Å². The summed E-state index contributed by atoms with van der Waals surface area (Å²) in [6, 6.07) is 11.2. The van der Waals surface area contributed by atoms with Crippen LogP contribution in [0.25, 0.3) is 22.2 Å². The minimum Gasteiger partial charge on any atom is -0.465 e. The topological polar surface area (TPSA) is 69.7 Å². The Hall–Kier alpha value is -3.07. The molecule has 0 atom stereocenters. The molecule has 0 amide bonds. The van der Waals surface area contributed by atoms with Gasteiger partial charge in [-0.1, -0.05) is 34.4 Å². The van der Waals surface area contributed by atoms with Crippen molar-refractivity contribution in [2.45, 2.75) is 43.9 Å². The number of methoxy groups -OCH3 is 1. The van der Waals surface area contributed by atoms with E-state index in [2.05, 4.69) is 10.1 Å². The number of ether oxygens (including phenoxy) is 2. The third-order valence-electron chi connectivity index (χ3n) is 7.98. The number of hydrogen-bond donors (Lipinski definition) is 0. The van der Waals surface area contributed by atoms with E-state index in [-0.39, 0.29) is 19.2 Å². The lowest BCUT2D eigenvalue weighted by molar-refractivity contribution is -0.00756. The van der Waals surface area contributed by atoms with Crippen molar-refractivity contribution in [1.82, 2.24) is 9.72 Å². The highest BCUT2D eigenvalue weighted by Crippen LogP contribution is 2.46. The molecule has 1 aliphatic heterocycles. The first-order chi connectivity index (χ1) is 19.3. The second-order valence-corrected chi connectivity index (χ2v) is 11.5. The van der Waals surface area contributed by atoms with Gasteiger partial charge in [0.2, 0.25) is 0 Å². The highest BCUT2D eigenvalue weighted by molar-refractivity contribution is 6.39. The normalized spacial score (nSPS) is 17.0. The van der Waals surface area contributed by atoms with Gasteiger partial charge in [0.25, 0.3) is 0 Å². The van der Waals surface area contributed by atoms with Crippen molar-refractivity contribution in [2.24, 2.45) is 7.05 Å². The molecule has 1 saturated carbocycles. The van der Waals surface area contributed by atoms with Crippen molar-refractivity contribution in [3.63, 3.8) is 0 Å². The molecule has 2 fully saturated rings. The van der Waals surface area contributed by atoms with Gasteiger partial charge in [0.05, 0.1) is 41.4 Å². The minimum absolute atomic E-state index is 0.0227. The number of piperidine rings is 1. The van der Waals surface area contributed by atoms with E-state index in [1.807, 2.05) is 29.8 Å². The van der Waals surface area contributed by atoms with Gasteiger partial charge in [-0.05, 0) is 43.2 Å². The van der Waals surface area contributed by atoms with Crippen molar-refractivity contribution >= 4 is 45.8 Å². The summed E-state index contributed by atoms with van der Waals surface area (Å²) in [6.45, 7) is 1.26. The Morgan fingerprint density at radius 1 is 1.18 bits per heavy atom. The van der Waals surface area contributed by atoms with Gasteiger partial charge in [0.1, 0.15) is 17.1 Å². The first-order valence-electron chi connectivity index (χ1n) is 13.4. The molecule has 1 saturated heterocycles. The zero-order valence-electron chi connectivity index (χ0n) is 22.4. The van der Waals surface area contributed by atoms with E-state index in [1.165, 1.54) is 7.11 Å². The first-order valence-corrected chi connectivity index (χ1v) is 14.2. The Bertz CT molecular complexity index is 1550. The number of benzene rings is 2. The summed E-state index contributed by atoms with van der Waals surface area (Å²) in [5, 5.41) is 6.08. The van der Waals surface area contributed by atoms with Crippen LogP contribution < -0.4 is 4.90 Å². The summed E-state index contributed by atoms with van der Waals surface area (Å²) in [5.41, 5.74) is 2.97. The second-order valence-electron chi connectivity index (χ2n) is 10.7. The zero-order chi connectivity index (χ0) is 28.0. The van der Waals surface area contributed by atoms with E-state index in [4.69, 9.17) is 37.2 Å². The Morgan fingerprint density at radius 2 is 1.90 bits per heavy atom. The second kappa shape index (κ2) is 10.7. The van der Waals surface area contributed by atoms with Gasteiger partial charge < -0.3 is 23.5 Å². The number of aromatic nitrogens is 2. The lowest BCUT2D eigenvalue weighted by Crippen LogP contribution is -2.44. The van der Waals surface area contributed by atoms with Crippen LogP contribution in [0.2, 0.25) is 10.0 Å². The number of fused-ring (bicyclic) bond motifs is 1. The molecule has 2 aromatic heterocycles. The van der Waals surface area contributed by atoms with Crippen molar-refractivity contribution in [2.75, 3.05) is 31.7 Å². The molecule has 210 valence electrons. The monoisotopic (exact) mass is 585 g/mol. The summed E-state index contributed by atoms with van der Waals surface area (Å²) >= 11 is 12.9. The van der Waals surface area contributed by atoms with Gasteiger partial charge in [-0.3, -0.25) is 0 Å². The maximum atomic E-state index is 15.9. The predicted octanol–water partition coefficient (Wildman–Crippen LogP) is 7.33. The van der Waals surface area contributed by atoms with Crippen LogP contribution in [0.4, 0.5) is 10.1 Å². The van der Waals surface area contributed by atoms with Gasteiger partial charge in [0.15, 0.2) is 0 Å². The average Bonchev–Trinajstić information content (AvgIpc) is 3.63. The number of carbonyl (C=O) groups excluding carboxylic acids is 1. The van der Waals surface area contributed by atoms with Gasteiger partial charge in [0, 0.05) is 67.3 Å². The lowest BCUT2D eigenvalue weighted by atomic mass is 9.93. The lowest BCUT2D eigenvalue weighted by Gasteiger charge is -2.37. The van der Waals surface area contributed by atoms with Crippen molar-refractivity contribution in [3.8, 4) is 11.3 Å².